The Morgan fingerprint density at radius 2 is 2.36 bits per heavy atom. The SMILES string of the molecule is C=Cc1c(Cl)ccnc1/C(=C\C)OC. The molecule has 0 aliphatic rings. The van der Waals surface area contributed by atoms with Crippen LogP contribution in [0.15, 0.2) is 24.9 Å². The minimum atomic E-state index is 0.626. The molecule has 74 valence electrons. The molecule has 1 heterocycles. The molecule has 0 atom stereocenters. The highest BCUT2D eigenvalue weighted by Gasteiger charge is 2.09. The molecule has 0 saturated heterocycles. The maximum Gasteiger partial charge on any atom is 0.140 e. The Hall–Kier alpha value is -1.28. The minimum Gasteiger partial charge on any atom is -0.495 e. The molecule has 2 nitrogen and oxygen atoms in total. The van der Waals surface area contributed by atoms with Gasteiger partial charge in [0.25, 0.3) is 0 Å². The van der Waals surface area contributed by atoms with Crippen molar-refractivity contribution in [2.24, 2.45) is 0 Å². The summed E-state index contributed by atoms with van der Waals surface area (Å²) in [5.41, 5.74) is 1.52. The Bertz CT molecular complexity index is 372. The van der Waals surface area contributed by atoms with Crippen LogP contribution in [0, 0.1) is 0 Å². The molecule has 0 aliphatic carbocycles. The second-order valence-electron chi connectivity index (χ2n) is 2.62. The number of halogens is 1. The molecule has 14 heavy (non-hydrogen) atoms. The van der Waals surface area contributed by atoms with Crippen LogP contribution in [0.5, 0.6) is 0 Å². The molecule has 0 bridgehead atoms. The first-order chi connectivity index (χ1) is 6.74. The Morgan fingerprint density at radius 3 is 2.86 bits per heavy atom. The zero-order valence-electron chi connectivity index (χ0n) is 8.25. The molecule has 3 heteroatoms. The smallest absolute Gasteiger partial charge is 0.140 e. The molecule has 0 spiro atoms. The van der Waals surface area contributed by atoms with E-state index in [9.17, 15) is 0 Å². The van der Waals surface area contributed by atoms with Gasteiger partial charge in [-0.05, 0) is 19.1 Å². The Labute approximate surface area is 88.9 Å². The van der Waals surface area contributed by atoms with Crippen LogP contribution in [0.4, 0.5) is 0 Å². The fraction of sp³-hybridized carbons (Fsp3) is 0.182. The van der Waals surface area contributed by atoms with Gasteiger partial charge in [0, 0.05) is 11.8 Å². The van der Waals surface area contributed by atoms with Crippen molar-refractivity contribution < 1.29 is 4.74 Å². The minimum absolute atomic E-state index is 0.626. The number of methoxy groups -OCH3 is 1. The van der Waals surface area contributed by atoms with Gasteiger partial charge in [-0.25, -0.2) is 0 Å². The van der Waals surface area contributed by atoms with E-state index in [0.717, 1.165) is 11.3 Å². The van der Waals surface area contributed by atoms with E-state index in [1.165, 1.54) is 0 Å². The highest BCUT2D eigenvalue weighted by molar-refractivity contribution is 6.32. The van der Waals surface area contributed by atoms with E-state index < -0.39 is 0 Å². The second-order valence-corrected chi connectivity index (χ2v) is 3.02. The number of allylic oxidation sites excluding steroid dienone is 1. The van der Waals surface area contributed by atoms with E-state index in [0.29, 0.717) is 10.8 Å². The third-order valence-electron chi connectivity index (χ3n) is 1.86. The predicted molar refractivity (Wildman–Crippen MR) is 60.0 cm³/mol. The summed E-state index contributed by atoms with van der Waals surface area (Å²) < 4.78 is 5.18. The number of rotatable bonds is 3. The van der Waals surface area contributed by atoms with Gasteiger partial charge in [-0.2, -0.15) is 0 Å². The van der Waals surface area contributed by atoms with Gasteiger partial charge in [0.05, 0.1) is 12.1 Å². The van der Waals surface area contributed by atoms with Gasteiger partial charge in [-0.15, -0.1) is 0 Å². The van der Waals surface area contributed by atoms with Gasteiger partial charge in [-0.3, -0.25) is 4.98 Å². The maximum atomic E-state index is 5.99. The van der Waals surface area contributed by atoms with Crippen molar-refractivity contribution in [3.8, 4) is 0 Å². The normalized spacial score (nSPS) is 11.2. The third-order valence-corrected chi connectivity index (χ3v) is 2.19. The Balaban J connectivity index is 3.33. The molecule has 0 amide bonds. The number of ether oxygens (including phenoxy) is 1. The topological polar surface area (TPSA) is 22.1 Å². The van der Waals surface area contributed by atoms with E-state index in [1.807, 2.05) is 13.0 Å². The third kappa shape index (κ3) is 1.96. The van der Waals surface area contributed by atoms with E-state index in [-0.39, 0.29) is 0 Å². The average Bonchev–Trinajstić information content (AvgIpc) is 2.20. The first-order valence-corrected chi connectivity index (χ1v) is 4.60. The molecule has 0 saturated carbocycles. The van der Waals surface area contributed by atoms with Crippen LogP contribution in [-0.2, 0) is 4.74 Å². The molecule has 0 aliphatic heterocycles. The molecular formula is C11H12ClNO. The lowest BCUT2D eigenvalue weighted by Crippen LogP contribution is -1.95. The number of nitrogens with zero attached hydrogens (tertiary/aromatic N) is 1. The van der Waals surface area contributed by atoms with E-state index in [1.54, 1.807) is 25.4 Å². The molecule has 0 radical (unpaired) electrons. The van der Waals surface area contributed by atoms with Crippen LogP contribution in [0.1, 0.15) is 18.2 Å². The number of pyridine rings is 1. The highest BCUT2D eigenvalue weighted by Crippen LogP contribution is 2.24. The molecular weight excluding hydrogens is 198 g/mol. The first kappa shape index (κ1) is 10.8. The standard InChI is InChI=1S/C11H12ClNO/c1-4-8-9(12)6-7-13-11(8)10(5-2)14-3/h4-7H,1H2,2-3H3/b10-5+. The summed E-state index contributed by atoms with van der Waals surface area (Å²) in [5.74, 6) is 0.697. The van der Waals surface area contributed by atoms with Crippen LogP contribution >= 0.6 is 11.6 Å². The van der Waals surface area contributed by atoms with Gasteiger partial charge in [-0.1, -0.05) is 24.3 Å². The maximum absolute atomic E-state index is 5.99. The Morgan fingerprint density at radius 1 is 1.64 bits per heavy atom. The summed E-state index contributed by atoms with van der Waals surface area (Å²) in [6, 6.07) is 1.73. The number of hydrogen-bond donors (Lipinski definition) is 0. The lowest BCUT2D eigenvalue weighted by Gasteiger charge is -2.08. The molecule has 0 unspecified atom stereocenters. The predicted octanol–water partition coefficient (Wildman–Crippen LogP) is 3.39. The van der Waals surface area contributed by atoms with E-state index in [4.69, 9.17) is 16.3 Å². The van der Waals surface area contributed by atoms with Crippen molar-refractivity contribution in [3.63, 3.8) is 0 Å². The number of aromatic nitrogens is 1. The molecule has 1 aromatic heterocycles. The molecule has 0 N–H and O–H groups in total. The van der Waals surface area contributed by atoms with Crippen molar-refractivity contribution in [2.75, 3.05) is 7.11 Å². The van der Waals surface area contributed by atoms with Crippen LogP contribution in [0.2, 0.25) is 5.02 Å². The van der Waals surface area contributed by atoms with Crippen LogP contribution in [0.3, 0.4) is 0 Å². The highest BCUT2D eigenvalue weighted by atomic mass is 35.5. The van der Waals surface area contributed by atoms with Gasteiger partial charge in [0.1, 0.15) is 11.5 Å². The summed E-state index contributed by atoms with van der Waals surface area (Å²) in [7, 11) is 1.60. The van der Waals surface area contributed by atoms with Crippen LogP contribution in [0.25, 0.3) is 11.8 Å². The molecule has 1 rings (SSSR count). The summed E-state index contributed by atoms with van der Waals surface area (Å²) in [6.07, 6.45) is 5.16. The summed E-state index contributed by atoms with van der Waals surface area (Å²) in [4.78, 5) is 4.20. The quantitative estimate of drug-likeness (QED) is 0.712. The largest absolute Gasteiger partial charge is 0.495 e. The fourth-order valence-electron chi connectivity index (χ4n) is 1.19. The average molecular weight is 210 g/mol. The molecule has 0 fully saturated rings. The van der Waals surface area contributed by atoms with Crippen molar-refractivity contribution in [1.29, 1.82) is 0 Å². The van der Waals surface area contributed by atoms with Gasteiger partial charge >= 0.3 is 0 Å². The van der Waals surface area contributed by atoms with Crippen LogP contribution < -0.4 is 0 Å². The van der Waals surface area contributed by atoms with E-state index in [2.05, 4.69) is 11.6 Å². The molecule has 1 aromatic rings. The van der Waals surface area contributed by atoms with Crippen molar-refractivity contribution in [2.45, 2.75) is 6.92 Å². The lowest BCUT2D eigenvalue weighted by atomic mass is 10.1. The fourth-order valence-corrected chi connectivity index (χ4v) is 1.41. The van der Waals surface area contributed by atoms with Crippen molar-refractivity contribution >= 4 is 23.4 Å². The van der Waals surface area contributed by atoms with Gasteiger partial charge in [0.2, 0.25) is 0 Å². The Kier molecular flexibility index (Phi) is 3.72. The zero-order chi connectivity index (χ0) is 10.6. The monoisotopic (exact) mass is 209 g/mol. The number of hydrogen-bond acceptors (Lipinski definition) is 2. The van der Waals surface area contributed by atoms with Crippen molar-refractivity contribution in [1.82, 2.24) is 4.98 Å². The van der Waals surface area contributed by atoms with Crippen LogP contribution in [-0.4, -0.2) is 12.1 Å². The van der Waals surface area contributed by atoms with Gasteiger partial charge in [0.15, 0.2) is 0 Å². The zero-order valence-corrected chi connectivity index (χ0v) is 9.01. The lowest BCUT2D eigenvalue weighted by molar-refractivity contribution is 0.367. The molecule has 0 aromatic carbocycles. The summed E-state index contributed by atoms with van der Waals surface area (Å²) in [6.45, 7) is 5.58. The van der Waals surface area contributed by atoms with E-state index >= 15 is 0 Å². The summed E-state index contributed by atoms with van der Waals surface area (Å²) >= 11 is 5.99. The second kappa shape index (κ2) is 4.82. The van der Waals surface area contributed by atoms with Gasteiger partial charge < -0.3 is 4.74 Å². The first-order valence-electron chi connectivity index (χ1n) is 4.22. The van der Waals surface area contributed by atoms with Crippen molar-refractivity contribution in [3.05, 3.63) is 41.2 Å². The summed E-state index contributed by atoms with van der Waals surface area (Å²) in [5, 5.41) is 0.626.